The van der Waals surface area contributed by atoms with E-state index >= 15 is 0 Å². The molecular formula is C14H25N3O2S2. The molecule has 2 heterocycles. The number of hydrogen-bond acceptors (Lipinski definition) is 4. The lowest BCUT2D eigenvalue weighted by molar-refractivity contribution is 0.283. The third kappa shape index (κ3) is 4.03. The van der Waals surface area contributed by atoms with Crippen molar-refractivity contribution in [2.24, 2.45) is 5.92 Å². The normalized spacial score (nSPS) is 19.8. The van der Waals surface area contributed by atoms with Gasteiger partial charge >= 0.3 is 0 Å². The lowest BCUT2D eigenvalue weighted by atomic mass is 10.0. The van der Waals surface area contributed by atoms with Crippen LogP contribution in [0.5, 0.6) is 0 Å². The Morgan fingerprint density at radius 1 is 1.38 bits per heavy atom. The molecule has 1 aliphatic heterocycles. The van der Waals surface area contributed by atoms with Crippen molar-refractivity contribution in [1.82, 2.24) is 14.0 Å². The monoisotopic (exact) mass is 331 g/mol. The van der Waals surface area contributed by atoms with Crippen molar-refractivity contribution in [3.63, 3.8) is 0 Å². The highest BCUT2D eigenvalue weighted by Gasteiger charge is 2.29. The van der Waals surface area contributed by atoms with Gasteiger partial charge in [0.1, 0.15) is 5.01 Å². The molecule has 5 nitrogen and oxygen atoms in total. The van der Waals surface area contributed by atoms with E-state index in [-0.39, 0.29) is 6.04 Å². The number of piperidine rings is 1. The van der Waals surface area contributed by atoms with E-state index in [9.17, 15) is 8.42 Å². The van der Waals surface area contributed by atoms with Gasteiger partial charge in [-0.3, -0.25) is 0 Å². The molecule has 0 bridgehead atoms. The zero-order valence-corrected chi connectivity index (χ0v) is 14.9. The smallest absolute Gasteiger partial charge is 0.245 e. The zero-order valence-electron chi connectivity index (χ0n) is 13.2. The van der Waals surface area contributed by atoms with Crippen molar-refractivity contribution >= 4 is 21.5 Å². The summed E-state index contributed by atoms with van der Waals surface area (Å²) >= 11 is 1.58. The Hall–Kier alpha value is -0.500. The minimum Gasteiger partial charge on any atom is -0.245 e. The molecule has 1 atom stereocenters. The Morgan fingerprint density at radius 3 is 2.48 bits per heavy atom. The Morgan fingerprint density at radius 2 is 2.00 bits per heavy atom. The summed E-state index contributed by atoms with van der Waals surface area (Å²) in [6, 6.07) is -0.230. The third-order valence-electron chi connectivity index (χ3n) is 4.13. The summed E-state index contributed by atoms with van der Waals surface area (Å²) in [5.74, 6) is 0.614. The van der Waals surface area contributed by atoms with Crippen molar-refractivity contribution in [3.8, 4) is 0 Å². The van der Waals surface area contributed by atoms with E-state index in [4.69, 9.17) is 0 Å². The molecule has 0 radical (unpaired) electrons. The minimum atomic E-state index is -3.42. The van der Waals surface area contributed by atoms with Crippen LogP contribution in [0.1, 0.15) is 54.7 Å². The number of nitrogens with one attached hydrogen (secondary N) is 1. The Labute approximate surface area is 132 Å². The molecule has 21 heavy (non-hydrogen) atoms. The van der Waals surface area contributed by atoms with Crippen molar-refractivity contribution in [3.05, 3.63) is 15.6 Å². The number of rotatable bonds is 5. The van der Waals surface area contributed by atoms with Crippen LogP contribution in [-0.4, -0.2) is 30.8 Å². The van der Waals surface area contributed by atoms with Crippen LogP contribution < -0.4 is 4.72 Å². The van der Waals surface area contributed by atoms with E-state index in [0.717, 1.165) is 28.4 Å². The largest absolute Gasteiger partial charge is 0.280 e. The molecule has 1 aromatic heterocycles. The van der Waals surface area contributed by atoms with Crippen LogP contribution in [0.25, 0.3) is 0 Å². The number of hydrogen-bond donors (Lipinski definition) is 1. The van der Waals surface area contributed by atoms with Gasteiger partial charge < -0.3 is 0 Å². The topological polar surface area (TPSA) is 62.3 Å². The number of aryl methyl sites for hydroxylation is 2. The molecule has 0 aromatic carbocycles. The maximum Gasteiger partial charge on any atom is 0.280 e. The van der Waals surface area contributed by atoms with Gasteiger partial charge in [0.25, 0.3) is 10.2 Å². The van der Waals surface area contributed by atoms with Gasteiger partial charge in [-0.2, -0.15) is 17.4 Å². The van der Waals surface area contributed by atoms with Gasteiger partial charge in [0.05, 0.1) is 11.7 Å². The molecule has 1 unspecified atom stereocenters. The first-order chi connectivity index (χ1) is 9.83. The third-order valence-corrected chi connectivity index (χ3v) is 6.94. The van der Waals surface area contributed by atoms with Crippen LogP contribution in [0.3, 0.4) is 0 Å². The summed E-state index contributed by atoms with van der Waals surface area (Å²) in [6.45, 7) is 9.36. The van der Waals surface area contributed by atoms with E-state index in [1.807, 2.05) is 20.8 Å². The Kier molecular flexibility index (Phi) is 5.40. The maximum atomic E-state index is 12.5. The summed E-state index contributed by atoms with van der Waals surface area (Å²) in [6.07, 6.45) is 2.58. The molecular weight excluding hydrogens is 306 g/mol. The summed E-state index contributed by atoms with van der Waals surface area (Å²) in [5.41, 5.74) is 0.986. The van der Waals surface area contributed by atoms with Crippen LogP contribution in [0.15, 0.2) is 0 Å². The maximum absolute atomic E-state index is 12.5. The van der Waals surface area contributed by atoms with Crippen LogP contribution in [0, 0.1) is 19.8 Å². The van der Waals surface area contributed by atoms with Gasteiger partial charge in [0.15, 0.2) is 0 Å². The molecule has 0 amide bonds. The van der Waals surface area contributed by atoms with Crippen molar-refractivity contribution < 1.29 is 8.42 Å². The van der Waals surface area contributed by atoms with Crippen LogP contribution >= 0.6 is 11.3 Å². The molecule has 0 saturated carbocycles. The van der Waals surface area contributed by atoms with Gasteiger partial charge in [-0.15, -0.1) is 11.3 Å². The highest BCUT2D eigenvalue weighted by atomic mass is 32.2. The number of nitrogens with zero attached hydrogens (tertiary/aromatic N) is 2. The van der Waals surface area contributed by atoms with Crippen LogP contribution in [-0.2, 0) is 10.2 Å². The second kappa shape index (κ2) is 6.73. The van der Waals surface area contributed by atoms with E-state index in [2.05, 4.69) is 16.6 Å². The lowest BCUT2D eigenvalue weighted by Gasteiger charge is -2.30. The molecule has 1 fully saturated rings. The summed E-state index contributed by atoms with van der Waals surface area (Å²) in [5, 5.41) is 0.862. The Balaban J connectivity index is 2.10. The van der Waals surface area contributed by atoms with Crippen molar-refractivity contribution in [2.75, 3.05) is 13.1 Å². The first-order valence-electron chi connectivity index (χ1n) is 7.54. The first kappa shape index (κ1) is 16.9. The molecule has 1 N–H and O–H groups in total. The number of aromatic nitrogens is 1. The highest BCUT2D eigenvalue weighted by Crippen LogP contribution is 2.26. The molecule has 1 aromatic rings. The van der Waals surface area contributed by atoms with E-state index in [1.165, 1.54) is 0 Å². The average Bonchev–Trinajstić information content (AvgIpc) is 2.76. The highest BCUT2D eigenvalue weighted by molar-refractivity contribution is 7.87. The van der Waals surface area contributed by atoms with Gasteiger partial charge in [-0.05, 0) is 39.0 Å². The zero-order chi connectivity index (χ0) is 15.6. The standard InChI is InChI=1S/C14H25N3O2S2/c1-5-13(14-15-11(3)12(4)20-14)16-21(18,19)17-8-6-10(2)7-9-17/h10,13,16H,5-9H2,1-4H3. The number of thiazole rings is 1. The molecule has 1 saturated heterocycles. The molecule has 0 spiro atoms. The van der Waals surface area contributed by atoms with Gasteiger partial charge in [-0.25, -0.2) is 4.98 Å². The van der Waals surface area contributed by atoms with Gasteiger partial charge in [-0.1, -0.05) is 13.8 Å². The van der Waals surface area contributed by atoms with E-state index in [1.54, 1.807) is 15.6 Å². The lowest BCUT2D eigenvalue weighted by Crippen LogP contribution is -2.45. The molecule has 0 aliphatic carbocycles. The molecule has 2 rings (SSSR count). The van der Waals surface area contributed by atoms with Crippen LogP contribution in [0.2, 0.25) is 0 Å². The summed E-state index contributed by atoms with van der Waals surface area (Å²) in [7, 11) is -3.42. The fourth-order valence-electron chi connectivity index (χ4n) is 2.43. The average molecular weight is 332 g/mol. The summed E-state index contributed by atoms with van der Waals surface area (Å²) < 4.78 is 29.4. The second-order valence-corrected chi connectivity index (χ2v) is 8.80. The quantitative estimate of drug-likeness (QED) is 0.902. The molecule has 7 heteroatoms. The Bertz CT molecular complexity index is 556. The fraction of sp³-hybridized carbons (Fsp3) is 0.786. The van der Waals surface area contributed by atoms with Crippen molar-refractivity contribution in [1.29, 1.82) is 0 Å². The van der Waals surface area contributed by atoms with Crippen molar-refractivity contribution in [2.45, 2.75) is 53.0 Å². The predicted molar refractivity (Wildman–Crippen MR) is 86.6 cm³/mol. The molecule has 120 valence electrons. The second-order valence-electron chi connectivity index (χ2n) is 5.86. The minimum absolute atomic E-state index is 0.230. The van der Waals surface area contributed by atoms with Crippen LogP contribution in [0.4, 0.5) is 0 Å². The fourth-order valence-corrected chi connectivity index (χ4v) is 5.05. The first-order valence-corrected chi connectivity index (χ1v) is 9.80. The van der Waals surface area contributed by atoms with E-state index < -0.39 is 10.2 Å². The van der Waals surface area contributed by atoms with Gasteiger partial charge in [0.2, 0.25) is 0 Å². The van der Waals surface area contributed by atoms with E-state index in [0.29, 0.717) is 25.4 Å². The SMILES string of the molecule is CCC(NS(=O)(=O)N1CCC(C)CC1)c1nc(C)c(C)s1. The predicted octanol–water partition coefficient (Wildman–Crippen LogP) is 2.78. The summed E-state index contributed by atoms with van der Waals surface area (Å²) in [4.78, 5) is 5.64. The molecule has 1 aliphatic rings. The van der Waals surface area contributed by atoms with Gasteiger partial charge in [0, 0.05) is 18.0 Å².